The molecule has 0 aliphatic rings. The first-order valence-electron chi connectivity index (χ1n) is 10.4. The molecule has 8 nitrogen and oxygen atoms in total. The predicted octanol–water partition coefficient (Wildman–Crippen LogP) is 4.67. The van der Waals surface area contributed by atoms with Gasteiger partial charge in [0.25, 0.3) is 11.6 Å². The fraction of sp³-hybridized carbons (Fsp3) is 0.0385. The second-order valence-electron chi connectivity index (χ2n) is 7.36. The zero-order valence-corrected chi connectivity index (χ0v) is 18.0. The molecule has 0 radical (unpaired) electrons. The Hall–Kier alpha value is -5.03. The number of nitro benzene ring substituents is 1. The van der Waals surface area contributed by atoms with Gasteiger partial charge in [0.15, 0.2) is 0 Å². The SMILES string of the molecule is N#C/C(=C\c1cn(-c2ccccc2)nc1-c1ccc([N+](=O)[O-])cc1)C(=O)NCc1ccccc1. The summed E-state index contributed by atoms with van der Waals surface area (Å²) in [6.07, 6.45) is 3.19. The van der Waals surface area contributed by atoms with Crippen molar-refractivity contribution in [1.82, 2.24) is 15.1 Å². The van der Waals surface area contributed by atoms with Crippen LogP contribution in [-0.4, -0.2) is 20.6 Å². The lowest BCUT2D eigenvalue weighted by Crippen LogP contribution is -2.23. The van der Waals surface area contributed by atoms with E-state index in [1.54, 1.807) is 23.0 Å². The summed E-state index contributed by atoms with van der Waals surface area (Å²) in [5.41, 5.74) is 3.22. The number of nitriles is 1. The van der Waals surface area contributed by atoms with Crippen LogP contribution in [0.5, 0.6) is 0 Å². The van der Waals surface area contributed by atoms with Crippen molar-refractivity contribution in [3.8, 4) is 23.0 Å². The average molecular weight is 449 g/mol. The molecule has 4 rings (SSSR count). The van der Waals surface area contributed by atoms with Gasteiger partial charge in [-0.2, -0.15) is 10.4 Å². The van der Waals surface area contributed by atoms with Crippen LogP contribution in [0.2, 0.25) is 0 Å². The Morgan fingerprint density at radius 1 is 1.03 bits per heavy atom. The molecule has 3 aromatic carbocycles. The molecule has 0 bridgehead atoms. The number of nitrogens with zero attached hydrogens (tertiary/aromatic N) is 4. The zero-order valence-electron chi connectivity index (χ0n) is 18.0. The molecule has 0 aliphatic heterocycles. The van der Waals surface area contributed by atoms with Crippen molar-refractivity contribution in [3.63, 3.8) is 0 Å². The van der Waals surface area contributed by atoms with Crippen LogP contribution in [-0.2, 0) is 11.3 Å². The number of non-ortho nitro benzene ring substituents is 1. The van der Waals surface area contributed by atoms with Gasteiger partial charge in [-0.05, 0) is 35.9 Å². The van der Waals surface area contributed by atoms with E-state index in [1.807, 2.05) is 66.7 Å². The summed E-state index contributed by atoms with van der Waals surface area (Å²) in [5, 5.41) is 28.1. The van der Waals surface area contributed by atoms with Gasteiger partial charge in [0.1, 0.15) is 17.3 Å². The van der Waals surface area contributed by atoms with E-state index in [0.717, 1.165) is 11.3 Å². The number of hydrogen-bond donors (Lipinski definition) is 1. The summed E-state index contributed by atoms with van der Waals surface area (Å²) < 4.78 is 1.64. The molecule has 0 atom stereocenters. The first-order chi connectivity index (χ1) is 16.5. The van der Waals surface area contributed by atoms with Crippen LogP contribution in [0.15, 0.2) is 96.7 Å². The second kappa shape index (κ2) is 10.1. The highest BCUT2D eigenvalue weighted by molar-refractivity contribution is 6.02. The number of carbonyl (C=O) groups excluding carboxylic acids is 1. The Kier molecular flexibility index (Phi) is 6.56. The summed E-state index contributed by atoms with van der Waals surface area (Å²) in [6.45, 7) is 0.289. The molecule has 0 fully saturated rings. The molecule has 0 saturated heterocycles. The largest absolute Gasteiger partial charge is 0.347 e. The van der Waals surface area contributed by atoms with Crippen molar-refractivity contribution >= 4 is 17.7 Å². The molecule has 1 heterocycles. The molecule has 0 unspecified atom stereocenters. The molecule has 166 valence electrons. The van der Waals surface area contributed by atoms with Crippen LogP contribution >= 0.6 is 0 Å². The van der Waals surface area contributed by atoms with Gasteiger partial charge in [0.2, 0.25) is 0 Å². The maximum Gasteiger partial charge on any atom is 0.269 e. The van der Waals surface area contributed by atoms with E-state index in [2.05, 4.69) is 10.4 Å². The number of aromatic nitrogens is 2. The van der Waals surface area contributed by atoms with E-state index in [1.165, 1.54) is 18.2 Å². The molecule has 0 saturated carbocycles. The smallest absolute Gasteiger partial charge is 0.269 e. The number of benzene rings is 3. The monoisotopic (exact) mass is 449 g/mol. The maximum absolute atomic E-state index is 12.7. The van der Waals surface area contributed by atoms with Crippen molar-refractivity contribution in [3.05, 3.63) is 118 Å². The highest BCUT2D eigenvalue weighted by Crippen LogP contribution is 2.27. The normalized spacial score (nSPS) is 11.0. The lowest BCUT2D eigenvalue weighted by molar-refractivity contribution is -0.384. The Bertz CT molecular complexity index is 1390. The highest BCUT2D eigenvalue weighted by Gasteiger charge is 2.16. The van der Waals surface area contributed by atoms with Crippen LogP contribution in [0, 0.1) is 21.4 Å². The molecule has 34 heavy (non-hydrogen) atoms. The van der Waals surface area contributed by atoms with Gasteiger partial charge in [-0.15, -0.1) is 0 Å². The molecule has 4 aromatic rings. The number of para-hydroxylation sites is 1. The summed E-state index contributed by atoms with van der Waals surface area (Å²) in [7, 11) is 0. The molecule has 8 heteroatoms. The lowest BCUT2D eigenvalue weighted by Gasteiger charge is -2.04. The number of carbonyl (C=O) groups is 1. The molecular weight excluding hydrogens is 430 g/mol. The number of nitro groups is 1. The average Bonchev–Trinajstić information content (AvgIpc) is 3.31. The third kappa shape index (κ3) is 5.06. The first-order valence-corrected chi connectivity index (χ1v) is 10.4. The van der Waals surface area contributed by atoms with E-state index < -0.39 is 10.8 Å². The van der Waals surface area contributed by atoms with Crippen LogP contribution < -0.4 is 5.32 Å². The van der Waals surface area contributed by atoms with Gasteiger partial charge >= 0.3 is 0 Å². The van der Waals surface area contributed by atoms with Gasteiger partial charge < -0.3 is 5.32 Å². The summed E-state index contributed by atoms with van der Waals surface area (Å²) in [4.78, 5) is 23.2. The third-order valence-corrected chi connectivity index (χ3v) is 5.08. The Balaban J connectivity index is 1.70. The minimum Gasteiger partial charge on any atom is -0.347 e. The van der Waals surface area contributed by atoms with E-state index in [9.17, 15) is 20.2 Å². The quantitative estimate of drug-likeness (QED) is 0.191. The fourth-order valence-electron chi connectivity index (χ4n) is 3.35. The van der Waals surface area contributed by atoms with Crippen LogP contribution in [0.3, 0.4) is 0 Å². The number of rotatable bonds is 7. The van der Waals surface area contributed by atoms with Gasteiger partial charge in [0.05, 0.1) is 10.6 Å². The predicted molar refractivity (Wildman–Crippen MR) is 128 cm³/mol. The van der Waals surface area contributed by atoms with E-state index in [0.29, 0.717) is 16.8 Å². The minimum absolute atomic E-state index is 0.0404. The van der Waals surface area contributed by atoms with Crippen LogP contribution in [0.25, 0.3) is 23.0 Å². The standard InChI is InChI=1S/C26H19N5O3/c27-16-21(26(32)28-17-19-7-3-1-4-8-19)15-22-18-30(23-9-5-2-6-10-23)29-25(22)20-11-13-24(14-12-20)31(33)34/h1-15,18H,17H2,(H,28,32)/b21-15+. The summed E-state index contributed by atoms with van der Waals surface area (Å²) in [5.74, 6) is -0.506. The number of nitrogens with one attached hydrogen (secondary N) is 1. The van der Waals surface area contributed by atoms with Crippen LogP contribution in [0.1, 0.15) is 11.1 Å². The van der Waals surface area contributed by atoms with Gasteiger partial charge in [-0.1, -0.05) is 48.5 Å². The summed E-state index contributed by atoms with van der Waals surface area (Å²) >= 11 is 0. The second-order valence-corrected chi connectivity index (χ2v) is 7.36. The molecule has 1 amide bonds. The molecule has 1 aromatic heterocycles. The maximum atomic E-state index is 12.7. The number of amides is 1. The lowest BCUT2D eigenvalue weighted by atomic mass is 10.1. The van der Waals surface area contributed by atoms with Gasteiger partial charge in [-0.3, -0.25) is 14.9 Å². The molecule has 0 aliphatic carbocycles. The third-order valence-electron chi connectivity index (χ3n) is 5.08. The topological polar surface area (TPSA) is 114 Å². The Morgan fingerprint density at radius 3 is 2.29 bits per heavy atom. The van der Waals surface area contributed by atoms with Gasteiger partial charge in [0, 0.05) is 36.0 Å². The Morgan fingerprint density at radius 2 is 1.68 bits per heavy atom. The van der Waals surface area contributed by atoms with Crippen molar-refractivity contribution in [2.45, 2.75) is 6.54 Å². The molecule has 0 spiro atoms. The van der Waals surface area contributed by atoms with Crippen LogP contribution in [0.4, 0.5) is 5.69 Å². The fourth-order valence-corrected chi connectivity index (χ4v) is 3.35. The molecular formula is C26H19N5O3. The van der Waals surface area contributed by atoms with Crippen molar-refractivity contribution in [2.75, 3.05) is 0 Å². The first kappa shape index (κ1) is 22.2. The highest BCUT2D eigenvalue weighted by atomic mass is 16.6. The van der Waals surface area contributed by atoms with E-state index in [4.69, 9.17) is 0 Å². The minimum atomic E-state index is -0.506. The van der Waals surface area contributed by atoms with Crippen molar-refractivity contribution in [2.24, 2.45) is 0 Å². The van der Waals surface area contributed by atoms with Crippen molar-refractivity contribution in [1.29, 1.82) is 5.26 Å². The van der Waals surface area contributed by atoms with E-state index in [-0.39, 0.29) is 17.8 Å². The van der Waals surface area contributed by atoms with Gasteiger partial charge in [-0.25, -0.2) is 4.68 Å². The number of hydrogen-bond acceptors (Lipinski definition) is 5. The van der Waals surface area contributed by atoms with Crippen molar-refractivity contribution < 1.29 is 9.72 Å². The zero-order chi connectivity index (χ0) is 23.9. The Labute approximate surface area is 195 Å². The molecule has 1 N–H and O–H groups in total. The summed E-state index contributed by atoms with van der Waals surface area (Å²) in [6, 6.07) is 26.7. The van der Waals surface area contributed by atoms with E-state index >= 15 is 0 Å².